The summed E-state index contributed by atoms with van der Waals surface area (Å²) >= 11 is 0.993. The van der Waals surface area contributed by atoms with Crippen LogP contribution in [0.3, 0.4) is 0 Å². The third kappa shape index (κ3) is 2.74. The van der Waals surface area contributed by atoms with E-state index in [1.165, 1.54) is 10.6 Å². The molecule has 2 aromatic rings. The van der Waals surface area contributed by atoms with Crippen LogP contribution in [-0.4, -0.2) is 42.2 Å². The lowest BCUT2D eigenvalue weighted by Crippen LogP contribution is -2.29. The van der Waals surface area contributed by atoms with Crippen molar-refractivity contribution in [1.82, 2.24) is 14.2 Å². The zero-order valence-electron chi connectivity index (χ0n) is 10.7. The molecule has 0 saturated carbocycles. The van der Waals surface area contributed by atoms with Gasteiger partial charge in [0.05, 0.1) is 5.75 Å². The van der Waals surface area contributed by atoms with Gasteiger partial charge in [0.15, 0.2) is 5.65 Å². The van der Waals surface area contributed by atoms with Crippen molar-refractivity contribution in [3.05, 3.63) is 34.9 Å². The van der Waals surface area contributed by atoms with Crippen molar-refractivity contribution in [1.29, 1.82) is 0 Å². The molecule has 20 heavy (non-hydrogen) atoms. The fourth-order valence-corrected chi connectivity index (χ4v) is 2.53. The monoisotopic (exact) mass is 295 g/mol. The molecular formula is C12H13N3O4S. The third-order valence-electron chi connectivity index (χ3n) is 2.72. The number of aromatic nitrogens is 3. The molecule has 0 bridgehead atoms. The number of aliphatic carboxylic acids is 1. The summed E-state index contributed by atoms with van der Waals surface area (Å²) < 4.78 is 2.04. The molecule has 0 aromatic carbocycles. The lowest BCUT2D eigenvalue weighted by atomic mass is 10.3. The molecule has 0 amide bonds. The van der Waals surface area contributed by atoms with E-state index in [1.54, 1.807) is 25.1 Å². The van der Waals surface area contributed by atoms with Gasteiger partial charge in [-0.2, -0.15) is 0 Å². The lowest BCUT2D eigenvalue weighted by molar-refractivity contribution is -0.136. The summed E-state index contributed by atoms with van der Waals surface area (Å²) in [6, 6.07) is 4.99. The smallest absolute Gasteiger partial charge is 0.357 e. The fourth-order valence-electron chi connectivity index (χ4n) is 1.68. The molecule has 2 rings (SSSR count). The molecule has 0 aliphatic heterocycles. The first-order chi connectivity index (χ1) is 9.54. The molecule has 106 valence electrons. The number of hydrogen-bond donors (Lipinski definition) is 1. The Morgan fingerprint density at radius 3 is 2.80 bits per heavy atom. The van der Waals surface area contributed by atoms with Gasteiger partial charge in [0, 0.05) is 6.20 Å². The molecule has 0 spiro atoms. The van der Waals surface area contributed by atoms with Crippen LogP contribution in [0, 0.1) is 0 Å². The van der Waals surface area contributed by atoms with Gasteiger partial charge in [-0.15, -0.1) is 21.5 Å². The number of nitrogens with zero attached hydrogens (tertiary/aromatic N) is 3. The van der Waals surface area contributed by atoms with Gasteiger partial charge in [0.25, 0.3) is 5.91 Å². The van der Waals surface area contributed by atoms with Crippen molar-refractivity contribution < 1.29 is 14.7 Å². The minimum absolute atomic E-state index is 0.103. The zero-order valence-corrected chi connectivity index (χ0v) is 11.5. The maximum atomic E-state index is 12.0. The van der Waals surface area contributed by atoms with Gasteiger partial charge in [-0.3, -0.25) is 9.59 Å². The van der Waals surface area contributed by atoms with Gasteiger partial charge in [0.2, 0.25) is 0 Å². The standard InChI is InChI=1S/C12H13N3O4S/c1-2-8(11(17)18)20-7-10(16)15-12(19)14-6-4-3-5-9(14)13-15/h3-6,8H,2,7H2,1H3,(H,17,18). The van der Waals surface area contributed by atoms with Crippen molar-refractivity contribution in [3.8, 4) is 0 Å². The summed E-state index contributed by atoms with van der Waals surface area (Å²) in [6.07, 6.45) is 1.93. The van der Waals surface area contributed by atoms with Gasteiger partial charge >= 0.3 is 11.7 Å². The highest BCUT2D eigenvalue weighted by molar-refractivity contribution is 8.01. The second kappa shape index (κ2) is 5.91. The summed E-state index contributed by atoms with van der Waals surface area (Å²) in [6.45, 7) is 1.73. The van der Waals surface area contributed by atoms with E-state index in [0.717, 1.165) is 16.4 Å². The summed E-state index contributed by atoms with van der Waals surface area (Å²) in [4.78, 5) is 34.8. The van der Waals surface area contributed by atoms with E-state index in [2.05, 4.69) is 5.10 Å². The number of pyridine rings is 1. The molecule has 0 saturated heterocycles. The fraction of sp³-hybridized carbons (Fsp3) is 0.333. The van der Waals surface area contributed by atoms with Crippen LogP contribution in [0.15, 0.2) is 29.2 Å². The van der Waals surface area contributed by atoms with Gasteiger partial charge in [-0.05, 0) is 18.6 Å². The normalized spacial score (nSPS) is 12.4. The quantitative estimate of drug-likeness (QED) is 0.874. The molecular weight excluding hydrogens is 282 g/mol. The number of hydrogen-bond acceptors (Lipinski definition) is 5. The molecule has 8 heteroatoms. The Morgan fingerprint density at radius 2 is 2.20 bits per heavy atom. The summed E-state index contributed by atoms with van der Waals surface area (Å²) in [5.41, 5.74) is -0.171. The first-order valence-electron chi connectivity index (χ1n) is 5.98. The predicted octanol–water partition coefficient (Wildman–Crippen LogP) is 0.733. The summed E-state index contributed by atoms with van der Waals surface area (Å²) in [5, 5.41) is 12.2. The highest BCUT2D eigenvalue weighted by atomic mass is 32.2. The van der Waals surface area contributed by atoms with E-state index in [0.29, 0.717) is 12.1 Å². The number of carbonyl (C=O) groups excluding carboxylic acids is 1. The van der Waals surface area contributed by atoms with Crippen LogP contribution in [0.2, 0.25) is 0 Å². The van der Waals surface area contributed by atoms with Gasteiger partial charge in [0.1, 0.15) is 5.25 Å². The SMILES string of the molecule is CCC(SCC(=O)n1nc2ccccn2c1=O)C(=O)O. The van der Waals surface area contributed by atoms with Crippen molar-refractivity contribution >= 4 is 29.3 Å². The van der Waals surface area contributed by atoms with Crippen LogP contribution in [0.1, 0.15) is 18.1 Å². The van der Waals surface area contributed by atoms with E-state index in [1.807, 2.05) is 0 Å². The number of carbonyl (C=O) groups is 2. The summed E-state index contributed by atoms with van der Waals surface area (Å²) in [5.74, 6) is -1.59. The molecule has 7 nitrogen and oxygen atoms in total. The Bertz CT molecular complexity index is 706. The van der Waals surface area contributed by atoms with Crippen LogP contribution < -0.4 is 5.69 Å². The first kappa shape index (κ1) is 14.3. The van der Waals surface area contributed by atoms with Crippen LogP contribution in [0.5, 0.6) is 0 Å². The number of rotatable bonds is 5. The number of carboxylic acids is 1. The van der Waals surface area contributed by atoms with Crippen LogP contribution >= 0.6 is 11.8 Å². The van der Waals surface area contributed by atoms with Gasteiger partial charge in [-0.1, -0.05) is 13.0 Å². The number of thioether (sulfide) groups is 1. The van der Waals surface area contributed by atoms with E-state index >= 15 is 0 Å². The predicted molar refractivity (Wildman–Crippen MR) is 74.3 cm³/mol. The molecule has 0 radical (unpaired) electrons. The Kier molecular flexibility index (Phi) is 4.23. The first-order valence-corrected chi connectivity index (χ1v) is 7.03. The van der Waals surface area contributed by atoms with Crippen molar-refractivity contribution in [2.45, 2.75) is 18.6 Å². The molecule has 0 fully saturated rings. The van der Waals surface area contributed by atoms with Gasteiger partial charge in [-0.25, -0.2) is 9.20 Å². The molecule has 1 unspecified atom stereocenters. The summed E-state index contributed by atoms with van der Waals surface area (Å²) in [7, 11) is 0. The molecule has 0 aliphatic rings. The molecule has 1 N–H and O–H groups in total. The Morgan fingerprint density at radius 1 is 1.45 bits per heavy atom. The number of fused-ring (bicyclic) bond motifs is 1. The molecule has 0 aliphatic carbocycles. The maximum absolute atomic E-state index is 12.0. The maximum Gasteiger partial charge on any atom is 0.357 e. The Hall–Kier alpha value is -2.09. The third-order valence-corrected chi connectivity index (χ3v) is 4.07. The van der Waals surface area contributed by atoms with Crippen LogP contribution in [0.4, 0.5) is 0 Å². The molecule has 2 heterocycles. The minimum Gasteiger partial charge on any atom is -0.480 e. The lowest BCUT2D eigenvalue weighted by Gasteiger charge is -2.07. The van der Waals surface area contributed by atoms with E-state index in [4.69, 9.17) is 5.11 Å². The second-order valence-electron chi connectivity index (χ2n) is 4.06. The molecule has 2 aromatic heterocycles. The minimum atomic E-state index is -0.965. The highest BCUT2D eigenvalue weighted by Gasteiger charge is 2.19. The van der Waals surface area contributed by atoms with Gasteiger partial charge < -0.3 is 5.11 Å². The van der Waals surface area contributed by atoms with E-state index in [9.17, 15) is 14.4 Å². The average molecular weight is 295 g/mol. The van der Waals surface area contributed by atoms with E-state index < -0.39 is 22.8 Å². The van der Waals surface area contributed by atoms with Crippen LogP contribution in [-0.2, 0) is 4.79 Å². The second-order valence-corrected chi connectivity index (χ2v) is 5.25. The van der Waals surface area contributed by atoms with Crippen molar-refractivity contribution in [2.75, 3.05) is 5.75 Å². The van der Waals surface area contributed by atoms with E-state index in [-0.39, 0.29) is 5.75 Å². The average Bonchev–Trinajstić information content (AvgIpc) is 2.77. The Labute approximate surface area is 118 Å². The van der Waals surface area contributed by atoms with Crippen molar-refractivity contribution in [3.63, 3.8) is 0 Å². The Balaban J connectivity index is 2.18. The topological polar surface area (TPSA) is 93.7 Å². The highest BCUT2D eigenvalue weighted by Crippen LogP contribution is 2.14. The number of carboxylic acid groups (broad SMARTS) is 1. The van der Waals surface area contributed by atoms with Crippen molar-refractivity contribution in [2.24, 2.45) is 0 Å². The van der Waals surface area contributed by atoms with Crippen LogP contribution in [0.25, 0.3) is 5.65 Å². The molecule has 1 atom stereocenters. The zero-order chi connectivity index (χ0) is 14.7. The largest absolute Gasteiger partial charge is 0.480 e.